The molecular formula is C15H31N. The van der Waals surface area contributed by atoms with Crippen LogP contribution in [0.1, 0.15) is 66.7 Å². The van der Waals surface area contributed by atoms with Crippen LogP contribution in [-0.4, -0.2) is 23.5 Å². The molecule has 16 heavy (non-hydrogen) atoms. The molecule has 0 amide bonds. The largest absolute Gasteiger partial charge is 0.295 e. The summed E-state index contributed by atoms with van der Waals surface area (Å²) in [7, 11) is 0. The van der Waals surface area contributed by atoms with Crippen molar-refractivity contribution in [2.75, 3.05) is 6.54 Å². The summed E-state index contributed by atoms with van der Waals surface area (Å²) in [6.45, 7) is 12.5. The minimum Gasteiger partial charge on any atom is -0.295 e. The minimum absolute atomic E-state index is 0.643. The molecule has 0 bridgehead atoms. The van der Waals surface area contributed by atoms with Gasteiger partial charge in [-0.2, -0.15) is 0 Å². The fourth-order valence-electron chi connectivity index (χ4n) is 2.02. The quantitative estimate of drug-likeness (QED) is 0.408. The predicted molar refractivity (Wildman–Crippen MR) is 74.9 cm³/mol. The van der Waals surface area contributed by atoms with Gasteiger partial charge in [0.1, 0.15) is 0 Å². The Kier molecular flexibility index (Phi) is 9.71. The van der Waals surface area contributed by atoms with E-state index in [1.54, 1.807) is 0 Å². The average Bonchev–Trinajstić information content (AvgIpc) is 2.21. The van der Waals surface area contributed by atoms with Crippen molar-refractivity contribution in [3.8, 4) is 0 Å². The number of hydrogen-bond acceptors (Lipinski definition) is 1. The Morgan fingerprint density at radius 3 is 2.00 bits per heavy atom. The lowest BCUT2D eigenvalue weighted by atomic mass is 10.1. The van der Waals surface area contributed by atoms with Crippen LogP contribution in [0.2, 0.25) is 0 Å². The van der Waals surface area contributed by atoms with Gasteiger partial charge in [0.2, 0.25) is 0 Å². The molecule has 0 unspecified atom stereocenters. The Balaban J connectivity index is 3.63. The summed E-state index contributed by atoms with van der Waals surface area (Å²) in [5, 5.41) is 0. The van der Waals surface area contributed by atoms with Gasteiger partial charge in [0.15, 0.2) is 0 Å². The summed E-state index contributed by atoms with van der Waals surface area (Å²) in [4.78, 5) is 2.52. The molecule has 0 aromatic rings. The highest BCUT2D eigenvalue weighted by molar-refractivity contribution is 4.86. The van der Waals surface area contributed by atoms with Crippen LogP contribution in [0.25, 0.3) is 0 Å². The molecule has 0 aliphatic rings. The molecule has 0 spiro atoms. The Labute approximate surface area is 103 Å². The zero-order valence-electron chi connectivity index (χ0n) is 12.0. The summed E-state index contributed by atoms with van der Waals surface area (Å²) >= 11 is 0. The fourth-order valence-corrected chi connectivity index (χ4v) is 2.02. The Morgan fingerprint density at radius 2 is 1.50 bits per heavy atom. The third kappa shape index (κ3) is 7.92. The second-order valence-corrected chi connectivity index (χ2v) is 5.21. The van der Waals surface area contributed by atoms with E-state index >= 15 is 0 Å². The maximum absolute atomic E-state index is 2.52. The molecule has 0 heterocycles. The smallest absolute Gasteiger partial charge is 0.0168 e. The van der Waals surface area contributed by atoms with Crippen molar-refractivity contribution in [3.05, 3.63) is 12.2 Å². The first kappa shape index (κ1) is 15.7. The van der Waals surface area contributed by atoms with E-state index in [-0.39, 0.29) is 0 Å². The highest BCUT2D eigenvalue weighted by Crippen LogP contribution is 2.06. The maximum atomic E-state index is 2.52. The summed E-state index contributed by atoms with van der Waals surface area (Å²) in [5.74, 6) is 0. The van der Waals surface area contributed by atoms with E-state index in [9.17, 15) is 0 Å². The summed E-state index contributed by atoms with van der Waals surface area (Å²) in [6.07, 6.45) is 11.4. The lowest BCUT2D eigenvalue weighted by molar-refractivity contribution is 0.196. The second-order valence-electron chi connectivity index (χ2n) is 5.21. The van der Waals surface area contributed by atoms with Crippen LogP contribution in [0.5, 0.6) is 0 Å². The minimum atomic E-state index is 0.643. The topological polar surface area (TPSA) is 3.24 Å². The highest BCUT2D eigenvalue weighted by Gasteiger charge is 2.10. The third-order valence-electron chi connectivity index (χ3n) is 3.03. The van der Waals surface area contributed by atoms with Gasteiger partial charge < -0.3 is 0 Å². The standard InChI is InChI=1S/C15H31N/c1-6-7-8-9-10-11-12-13-16(14(2)3)15(4)5/h11-12,14-15H,6-10,13H2,1-5H3. The zero-order chi connectivity index (χ0) is 12.4. The zero-order valence-corrected chi connectivity index (χ0v) is 12.0. The molecule has 0 aliphatic carbocycles. The molecular weight excluding hydrogens is 194 g/mol. The van der Waals surface area contributed by atoms with Crippen LogP contribution in [0.15, 0.2) is 12.2 Å². The summed E-state index contributed by atoms with van der Waals surface area (Å²) < 4.78 is 0. The molecule has 1 nitrogen and oxygen atoms in total. The molecule has 0 aromatic carbocycles. The number of nitrogens with zero attached hydrogens (tertiary/aromatic N) is 1. The van der Waals surface area contributed by atoms with Crippen LogP contribution < -0.4 is 0 Å². The van der Waals surface area contributed by atoms with E-state index in [0.29, 0.717) is 12.1 Å². The predicted octanol–water partition coefficient (Wildman–Crippen LogP) is 4.63. The van der Waals surface area contributed by atoms with Crippen molar-refractivity contribution in [2.45, 2.75) is 78.8 Å². The molecule has 0 radical (unpaired) electrons. The molecule has 0 saturated heterocycles. The lowest BCUT2D eigenvalue weighted by Gasteiger charge is -2.29. The van der Waals surface area contributed by atoms with E-state index in [2.05, 4.69) is 51.7 Å². The maximum Gasteiger partial charge on any atom is 0.0168 e. The number of allylic oxidation sites excluding steroid dienone is 1. The normalized spacial score (nSPS) is 12.5. The van der Waals surface area contributed by atoms with E-state index < -0.39 is 0 Å². The number of rotatable bonds is 9. The summed E-state index contributed by atoms with van der Waals surface area (Å²) in [5.41, 5.74) is 0. The highest BCUT2D eigenvalue weighted by atomic mass is 15.2. The Hall–Kier alpha value is -0.300. The van der Waals surface area contributed by atoms with E-state index in [4.69, 9.17) is 0 Å². The molecule has 0 fully saturated rings. The van der Waals surface area contributed by atoms with Crippen LogP contribution in [0.4, 0.5) is 0 Å². The van der Waals surface area contributed by atoms with E-state index in [1.807, 2.05) is 0 Å². The van der Waals surface area contributed by atoms with Crippen LogP contribution >= 0.6 is 0 Å². The first-order chi connectivity index (χ1) is 7.59. The lowest BCUT2D eigenvalue weighted by Crippen LogP contribution is -2.36. The second kappa shape index (κ2) is 9.89. The van der Waals surface area contributed by atoms with Crippen molar-refractivity contribution < 1.29 is 0 Å². The van der Waals surface area contributed by atoms with E-state index in [1.165, 1.54) is 32.1 Å². The molecule has 0 aliphatic heterocycles. The first-order valence-corrected chi connectivity index (χ1v) is 7.00. The van der Waals surface area contributed by atoms with Crippen LogP contribution in [0, 0.1) is 0 Å². The first-order valence-electron chi connectivity index (χ1n) is 7.00. The van der Waals surface area contributed by atoms with Crippen molar-refractivity contribution in [1.29, 1.82) is 0 Å². The summed E-state index contributed by atoms with van der Waals surface area (Å²) in [6, 6.07) is 1.29. The van der Waals surface area contributed by atoms with Gasteiger partial charge >= 0.3 is 0 Å². The Morgan fingerprint density at radius 1 is 0.875 bits per heavy atom. The van der Waals surface area contributed by atoms with Crippen molar-refractivity contribution >= 4 is 0 Å². The monoisotopic (exact) mass is 225 g/mol. The van der Waals surface area contributed by atoms with Gasteiger partial charge in [0.25, 0.3) is 0 Å². The van der Waals surface area contributed by atoms with Gasteiger partial charge in [-0.25, -0.2) is 0 Å². The number of hydrogen-bond donors (Lipinski definition) is 0. The van der Waals surface area contributed by atoms with Gasteiger partial charge in [0, 0.05) is 18.6 Å². The van der Waals surface area contributed by atoms with Gasteiger partial charge in [0.05, 0.1) is 0 Å². The van der Waals surface area contributed by atoms with Crippen LogP contribution in [0.3, 0.4) is 0 Å². The van der Waals surface area contributed by atoms with Crippen molar-refractivity contribution in [2.24, 2.45) is 0 Å². The molecule has 1 heteroatoms. The van der Waals surface area contributed by atoms with E-state index in [0.717, 1.165) is 6.54 Å². The van der Waals surface area contributed by atoms with Crippen molar-refractivity contribution in [3.63, 3.8) is 0 Å². The average molecular weight is 225 g/mol. The van der Waals surface area contributed by atoms with Crippen molar-refractivity contribution in [1.82, 2.24) is 4.90 Å². The van der Waals surface area contributed by atoms with Gasteiger partial charge in [-0.05, 0) is 40.5 Å². The van der Waals surface area contributed by atoms with Gasteiger partial charge in [-0.1, -0.05) is 38.3 Å². The van der Waals surface area contributed by atoms with Gasteiger partial charge in [-0.3, -0.25) is 4.90 Å². The molecule has 96 valence electrons. The molecule has 0 aromatic heterocycles. The third-order valence-corrected chi connectivity index (χ3v) is 3.03. The van der Waals surface area contributed by atoms with Gasteiger partial charge in [-0.15, -0.1) is 0 Å². The molecule has 0 N–H and O–H groups in total. The van der Waals surface area contributed by atoms with Crippen LogP contribution in [-0.2, 0) is 0 Å². The molecule has 0 saturated carbocycles. The Bertz CT molecular complexity index is 162. The fraction of sp³-hybridized carbons (Fsp3) is 0.867. The SMILES string of the molecule is CCCCCCC=CCN(C(C)C)C(C)C. The number of unbranched alkanes of at least 4 members (excludes halogenated alkanes) is 4. The molecule has 0 rings (SSSR count). The molecule has 0 atom stereocenters.